The normalized spacial score (nSPS) is 16.0. The first kappa shape index (κ1) is 15.8. The third-order valence-electron chi connectivity index (χ3n) is 3.72. The Kier molecular flexibility index (Phi) is 6.50. The number of rotatable bonds is 7. The van der Waals surface area contributed by atoms with Crippen LogP contribution in [0.4, 0.5) is 0 Å². The molecule has 0 unspecified atom stereocenters. The van der Waals surface area contributed by atoms with Crippen LogP contribution in [0.1, 0.15) is 12.8 Å². The Morgan fingerprint density at radius 2 is 1.95 bits per heavy atom. The van der Waals surface area contributed by atoms with Crippen molar-refractivity contribution in [1.82, 2.24) is 10.2 Å². The summed E-state index contributed by atoms with van der Waals surface area (Å²) in [6, 6.07) is 10.1. The minimum Gasteiger partial charge on any atom is -0.491 e. The average Bonchev–Trinajstić information content (AvgIpc) is 2.55. The Morgan fingerprint density at radius 1 is 1.24 bits per heavy atom. The van der Waals surface area contributed by atoms with E-state index < -0.39 is 0 Å². The van der Waals surface area contributed by atoms with Gasteiger partial charge in [-0.2, -0.15) is 0 Å². The van der Waals surface area contributed by atoms with Crippen molar-refractivity contribution < 1.29 is 14.3 Å². The van der Waals surface area contributed by atoms with Crippen LogP contribution in [0.15, 0.2) is 30.3 Å². The molecule has 1 saturated heterocycles. The van der Waals surface area contributed by atoms with E-state index in [-0.39, 0.29) is 12.5 Å². The molecule has 1 heterocycles. The molecule has 0 atom stereocenters. The van der Waals surface area contributed by atoms with E-state index in [4.69, 9.17) is 9.47 Å². The van der Waals surface area contributed by atoms with Gasteiger partial charge in [-0.15, -0.1) is 0 Å². The Morgan fingerprint density at radius 3 is 2.62 bits per heavy atom. The summed E-state index contributed by atoms with van der Waals surface area (Å²) in [4.78, 5) is 13.8. The van der Waals surface area contributed by atoms with Crippen LogP contribution in [0.2, 0.25) is 0 Å². The van der Waals surface area contributed by atoms with Gasteiger partial charge >= 0.3 is 0 Å². The van der Waals surface area contributed by atoms with Gasteiger partial charge in [-0.1, -0.05) is 18.2 Å². The molecule has 1 aliphatic rings. The zero-order valence-electron chi connectivity index (χ0n) is 12.6. The molecule has 1 amide bonds. The zero-order valence-corrected chi connectivity index (χ0v) is 12.6. The summed E-state index contributed by atoms with van der Waals surface area (Å²) >= 11 is 0. The molecule has 0 radical (unpaired) electrons. The van der Waals surface area contributed by atoms with Gasteiger partial charge in [-0.3, -0.25) is 4.79 Å². The largest absolute Gasteiger partial charge is 0.491 e. The van der Waals surface area contributed by atoms with Crippen LogP contribution in [0.5, 0.6) is 5.75 Å². The minimum atomic E-state index is 0.0734. The standard InChI is InChI=1S/C16H24N2O3/c1-17-14-7-9-18(10-8-14)16(19)13-20-11-12-21-15-5-3-2-4-6-15/h2-6,14,17H,7-13H2,1H3. The van der Waals surface area contributed by atoms with Crippen molar-refractivity contribution >= 4 is 5.91 Å². The molecule has 1 aliphatic heterocycles. The number of hydrogen-bond acceptors (Lipinski definition) is 4. The lowest BCUT2D eigenvalue weighted by Gasteiger charge is -2.31. The van der Waals surface area contributed by atoms with Gasteiger partial charge in [0.25, 0.3) is 0 Å². The molecule has 5 heteroatoms. The predicted octanol–water partition coefficient (Wildman–Crippen LogP) is 1.29. The first-order valence-corrected chi connectivity index (χ1v) is 7.50. The van der Waals surface area contributed by atoms with Crippen LogP contribution in [0, 0.1) is 0 Å². The monoisotopic (exact) mass is 292 g/mol. The SMILES string of the molecule is CNC1CCN(C(=O)COCCOc2ccccc2)CC1. The third-order valence-corrected chi connectivity index (χ3v) is 3.72. The van der Waals surface area contributed by atoms with Crippen LogP contribution < -0.4 is 10.1 Å². The summed E-state index contributed by atoms with van der Waals surface area (Å²) in [5, 5.41) is 3.25. The van der Waals surface area contributed by atoms with E-state index in [1.807, 2.05) is 42.3 Å². The second kappa shape index (κ2) is 8.64. The number of para-hydroxylation sites is 1. The summed E-state index contributed by atoms with van der Waals surface area (Å²) in [6.45, 7) is 2.65. The topological polar surface area (TPSA) is 50.8 Å². The molecule has 1 N–H and O–H groups in total. The van der Waals surface area contributed by atoms with Gasteiger partial charge in [0.1, 0.15) is 19.0 Å². The lowest BCUT2D eigenvalue weighted by Crippen LogP contribution is -2.45. The Balaban J connectivity index is 1.55. The number of likely N-dealkylation sites (tertiary alicyclic amines) is 1. The Hall–Kier alpha value is -1.59. The molecule has 0 spiro atoms. The van der Waals surface area contributed by atoms with Crippen LogP contribution >= 0.6 is 0 Å². The fourth-order valence-electron chi connectivity index (χ4n) is 2.40. The molecule has 2 rings (SSSR count). The van der Waals surface area contributed by atoms with Crippen LogP contribution in [-0.2, 0) is 9.53 Å². The quantitative estimate of drug-likeness (QED) is 0.770. The second-order valence-corrected chi connectivity index (χ2v) is 5.16. The molecule has 0 saturated carbocycles. The molecule has 1 aromatic carbocycles. The number of ether oxygens (including phenoxy) is 2. The van der Waals surface area contributed by atoms with E-state index in [9.17, 15) is 4.79 Å². The van der Waals surface area contributed by atoms with E-state index >= 15 is 0 Å². The second-order valence-electron chi connectivity index (χ2n) is 5.16. The van der Waals surface area contributed by atoms with Crippen molar-refractivity contribution in [2.75, 3.05) is 40.0 Å². The molecular formula is C16H24N2O3. The smallest absolute Gasteiger partial charge is 0.248 e. The van der Waals surface area contributed by atoms with Gasteiger partial charge in [-0.25, -0.2) is 0 Å². The highest BCUT2D eigenvalue weighted by Crippen LogP contribution is 2.10. The highest BCUT2D eigenvalue weighted by molar-refractivity contribution is 5.77. The molecule has 116 valence electrons. The molecule has 0 aromatic heterocycles. The van der Waals surface area contributed by atoms with Crippen molar-refractivity contribution in [1.29, 1.82) is 0 Å². The summed E-state index contributed by atoms with van der Waals surface area (Å²) in [7, 11) is 1.97. The highest BCUT2D eigenvalue weighted by atomic mass is 16.5. The molecule has 1 fully saturated rings. The lowest BCUT2D eigenvalue weighted by molar-refractivity contribution is -0.137. The fourth-order valence-corrected chi connectivity index (χ4v) is 2.40. The average molecular weight is 292 g/mol. The van der Waals surface area contributed by atoms with Gasteiger partial charge in [0.15, 0.2) is 0 Å². The number of benzene rings is 1. The first-order valence-electron chi connectivity index (χ1n) is 7.50. The van der Waals surface area contributed by atoms with Crippen molar-refractivity contribution in [3.8, 4) is 5.75 Å². The van der Waals surface area contributed by atoms with E-state index in [0.717, 1.165) is 31.7 Å². The number of piperidine rings is 1. The maximum Gasteiger partial charge on any atom is 0.248 e. The van der Waals surface area contributed by atoms with Crippen molar-refractivity contribution in [2.45, 2.75) is 18.9 Å². The van der Waals surface area contributed by atoms with Gasteiger partial charge in [-0.05, 0) is 32.0 Å². The van der Waals surface area contributed by atoms with Crippen molar-refractivity contribution in [2.24, 2.45) is 0 Å². The number of carbonyl (C=O) groups is 1. The maximum absolute atomic E-state index is 12.0. The zero-order chi connectivity index (χ0) is 14.9. The summed E-state index contributed by atoms with van der Waals surface area (Å²) in [6.07, 6.45) is 2.03. The van der Waals surface area contributed by atoms with Gasteiger partial charge in [0, 0.05) is 19.1 Å². The molecule has 5 nitrogen and oxygen atoms in total. The fraction of sp³-hybridized carbons (Fsp3) is 0.562. The third kappa shape index (κ3) is 5.36. The van der Waals surface area contributed by atoms with Crippen molar-refractivity contribution in [3.63, 3.8) is 0 Å². The van der Waals surface area contributed by atoms with Crippen LogP contribution in [0.25, 0.3) is 0 Å². The van der Waals surface area contributed by atoms with E-state index in [0.29, 0.717) is 19.3 Å². The van der Waals surface area contributed by atoms with Crippen molar-refractivity contribution in [3.05, 3.63) is 30.3 Å². The van der Waals surface area contributed by atoms with E-state index in [2.05, 4.69) is 5.32 Å². The first-order chi connectivity index (χ1) is 10.3. The summed E-state index contributed by atoms with van der Waals surface area (Å²) in [5.74, 6) is 0.894. The van der Waals surface area contributed by atoms with E-state index in [1.54, 1.807) is 0 Å². The summed E-state index contributed by atoms with van der Waals surface area (Å²) < 4.78 is 10.9. The number of nitrogens with zero attached hydrogens (tertiary/aromatic N) is 1. The lowest BCUT2D eigenvalue weighted by atomic mass is 10.1. The predicted molar refractivity (Wildman–Crippen MR) is 81.4 cm³/mol. The molecule has 0 bridgehead atoms. The number of carbonyl (C=O) groups excluding carboxylic acids is 1. The highest BCUT2D eigenvalue weighted by Gasteiger charge is 2.21. The minimum absolute atomic E-state index is 0.0734. The van der Waals surface area contributed by atoms with Gasteiger partial charge < -0.3 is 19.7 Å². The molecule has 0 aliphatic carbocycles. The Bertz CT molecular complexity index is 417. The molecule has 1 aromatic rings. The molecular weight excluding hydrogens is 268 g/mol. The maximum atomic E-state index is 12.0. The van der Waals surface area contributed by atoms with Crippen LogP contribution in [-0.4, -0.2) is 56.8 Å². The number of nitrogens with one attached hydrogen (secondary N) is 1. The van der Waals surface area contributed by atoms with Gasteiger partial charge in [0.05, 0.1) is 6.61 Å². The number of amides is 1. The molecule has 21 heavy (non-hydrogen) atoms. The summed E-state index contributed by atoms with van der Waals surface area (Å²) in [5.41, 5.74) is 0. The van der Waals surface area contributed by atoms with E-state index in [1.165, 1.54) is 0 Å². The Labute approximate surface area is 126 Å². The van der Waals surface area contributed by atoms with Crippen LogP contribution in [0.3, 0.4) is 0 Å². The number of hydrogen-bond donors (Lipinski definition) is 1. The van der Waals surface area contributed by atoms with Gasteiger partial charge in [0.2, 0.25) is 5.91 Å².